The molecule has 5 fully saturated rings. The van der Waals surface area contributed by atoms with Crippen LogP contribution in [0, 0.1) is 23.2 Å². The van der Waals surface area contributed by atoms with Crippen LogP contribution >= 0.6 is 0 Å². The van der Waals surface area contributed by atoms with Crippen LogP contribution in [0.25, 0.3) is 0 Å². The van der Waals surface area contributed by atoms with E-state index in [1.54, 1.807) is 0 Å². The molecule has 1 saturated heterocycles. The average molecular weight is 342 g/mol. The number of nitrogens with one attached hydrogen (secondary N) is 2. The van der Waals surface area contributed by atoms with Crippen molar-refractivity contribution in [3.63, 3.8) is 0 Å². The number of hydrogen-bond acceptors (Lipinski definition) is 5. The van der Waals surface area contributed by atoms with Gasteiger partial charge in [-0.05, 0) is 81.2 Å². The van der Waals surface area contributed by atoms with Crippen LogP contribution in [-0.2, 0) is 0 Å². The molecule has 2 heterocycles. The Balaban J connectivity index is 1.25. The van der Waals surface area contributed by atoms with Gasteiger partial charge in [0.15, 0.2) is 0 Å². The normalized spacial score (nSPS) is 39.2. The van der Waals surface area contributed by atoms with Gasteiger partial charge >= 0.3 is 0 Å². The summed E-state index contributed by atoms with van der Waals surface area (Å²) in [4.78, 5) is 11.7. The molecule has 0 aromatic carbocycles. The molecule has 5 aliphatic rings. The molecule has 6 rings (SSSR count). The van der Waals surface area contributed by atoms with Crippen molar-refractivity contribution < 1.29 is 0 Å². The van der Waals surface area contributed by atoms with Gasteiger partial charge < -0.3 is 15.5 Å². The summed E-state index contributed by atoms with van der Waals surface area (Å²) < 4.78 is 0. The fraction of sp³-hybridized carbons (Fsp3) is 0.800. The van der Waals surface area contributed by atoms with Crippen molar-refractivity contribution >= 4 is 11.8 Å². The lowest BCUT2D eigenvalue weighted by molar-refractivity contribution is -0.0445. The van der Waals surface area contributed by atoms with E-state index in [1.165, 1.54) is 44.9 Å². The maximum atomic E-state index is 4.82. The van der Waals surface area contributed by atoms with Gasteiger partial charge in [-0.1, -0.05) is 0 Å². The molecule has 2 N–H and O–H groups in total. The number of likely N-dealkylation sites (N-methyl/N-ethyl adjacent to an activating group) is 1. The minimum absolute atomic E-state index is 0.527. The van der Waals surface area contributed by atoms with Crippen LogP contribution in [0.15, 0.2) is 12.3 Å². The molecular weight excluding hydrogens is 310 g/mol. The second kappa shape index (κ2) is 6.11. The summed E-state index contributed by atoms with van der Waals surface area (Å²) in [5, 5.41) is 7.00. The van der Waals surface area contributed by atoms with Gasteiger partial charge in [0.25, 0.3) is 0 Å². The van der Waals surface area contributed by atoms with Crippen molar-refractivity contribution in [1.82, 2.24) is 15.3 Å². The lowest BCUT2D eigenvalue weighted by Crippen LogP contribution is -2.49. The highest BCUT2D eigenvalue weighted by Crippen LogP contribution is 2.59. The van der Waals surface area contributed by atoms with E-state index in [-0.39, 0.29) is 0 Å². The first-order valence-electron chi connectivity index (χ1n) is 10.2. The lowest BCUT2D eigenvalue weighted by Gasteiger charge is -2.56. The summed E-state index contributed by atoms with van der Waals surface area (Å²) in [5.74, 6) is 4.90. The Bertz CT molecular complexity index is 595. The van der Waals surface area contributed by atoms with Crippen LogP contribution in [0.5, 0.6) is 0 Å². The SMILES string of the molecule is CN[C@@H]1CCN(c2ccnc(NCC34CC5CC(CC(C5)C3)C4)n2)C1. The Morgan fingerprint density at radius 3 is 2.52 bits per heavy atom. The zero-order valence-electron chi connectivity index (χ0n) is 15.4. The fourth-order valence-electron chi connectivity index (χ4n) is 6.59. The van der Waals surface area contributed by atoms with E-state index >= 15 is 0 Å². The minimum atomic E-state index is 0.527. The monoisotopic (exact) mass is 341 g/mol. The van der Waals surface area contributed by atoms with Crippen molar-refractivity contribution in [2.75, 3.05) is 36.9 Å². The minimum Gasteiger partial charge on any atom is -0.355 e. The summed E-state index contributed by atoms with van der Waals surface area (Å²) in [6.45, 7) is 3.19. The van der Waals surface area contributed by atoms with Gasteiger partial charge in [0, 0.05) is 31.9 Å². The zero-order chi connectivity index (χ0) is 16.9. The first-order chi connectivity index (χ1) is 12.2. The van der Waals surface area contributed by atoms with Crippen LogP contribution in [0.1, 0.15) is 44.9 Å². The molecule has 4 aliphatic carbocycles. The third-order valence-corrected chi connectivity index (χ3v) is 7.35. The van der Waals surface area contributed by atoms with Gasteiger partial charge in [-0.15, -0.1) is 0 Å². The molecular formula is C20H31N5. The lowest BCUT2D eigenvalue weighted by atomic mass is 9.49. The molecule has 4 bridgehead atoms. The molecule has 4 saturated carbocycles. The molecule has 25 heavy (non-hydrogen) atoms. The van der Waals surface area contributed by atoms with Crippen molar-refractivity contribution in [2.24, 2.45) is 23.2 Å². The van der Waals surface area contributed by atoms with Crippen molar-refractivity contribution in [3.8, 4) is 0 Å². The maximum Gasteiger partial charge on any atom is 0.224 e. The van der Waals surface area contributed by atoms with E-state index in [0.717, 1.165) is 49.2 Å². The van der Waals surface area contributed by atoms with Crippen LogP contribution in [0.4, 0.5) is 11.8 Å². The fourth-order valence-corrected chi connectivity index (χ4v) is 6.59. The predicted octanol–water partition coefficient (Wildman–Crippen LogP) is 2.90. The molecule has 1 aliphatic heterocycles. The predicted molar refractivity (Wildman–Crippen MR) is 101 cm³/mol. The van der Waals surface area contributed by atoms with Gasteiger partial charge in [0.2, 0.25) is 5.95 Å². The summed E-state index contributed by atoms with van der Waals surface area (Å²) in [5.41, 5.74) is 0.527. The molecule has 0 amide bonds. The molecule has 1 atom stereocenters. The Kier molecular flexibility index (Phi) is 3.88. The third kappa shape index (κ3) is 3.01. The highest BCUT2D eigenvalue weighted by Gasteiger charge is 2.50. The van der Waals surface area contributed by atoms with Crippen LogP contribution in [-0.4, -0.2) is 42.7 Å². The molecule has 0 spiro atoms. The largest absolute Gasteiger partial charge is 0.355 e. The number of rotatable bonds is 5. The molecule has 5 heteroatoms. The second-order valence-corrected chi connectivity index (χ2v) is 9.23. The smallest absolute Gasteiger partial charge is 0.224 e. The highest BCUT2D eigenvalue weighted by atomic mass is 15.3. The molecule has 136 valence electrons. The zero-order valence-corrected chi connectivity index (χ0v) is 15.4. The Hall–Kier alpha value is -1.36. The third-order valence-electron chi connectivity index (χ3n) is 7.35. The summed E-state index contributed by atoms with van der Waals surface area (Å²) in [6.07, 6.45) is 11.9. The maximum absolute atomic E-state index is 4.82. The van der Waals surface area contributed by atoms with Crippen LogP contribution in [0.2, 0.25) is 0 Å². The van der Waals surface area contributed by atoms with E-state index < -0.39 is 0 Å². The highest BCUT2D eigenvalue weighted by molar-refractivity contribution is 5.44. The first kappa shape index (κ1) is 15.9. The topological polar surface area (TPSA) is 53.1 Å². The van der Waals surface area contributed by atoms with Crippen LogP contribution < -0.4 is 15.5 Å². The van der Waals surface area contributed by atoms with Gasteiger partial charge in [0.1, 0.15) is 5.82 Å². The molecule has 0 unspecified atom stereocenters. The van der Waals surface area contributed by atoms with Crippen molar-refractivity contribution in [1.29, 1.82) is 0 Å². The van der Waals surface area contributed by atoms with Crippen LogP contribution in [0.3, 0.4) is 0 Å². The first-order valence-corrected chi connectivity index (χ1v) is 10.2. The number of aromatic nitrogens is 2. The quantitative estimate of drug-likeness (QED) is 0.862. The number of hydrogen-bond donors (Lipinski definition) is 2. The molecule has 0 radical (unpaired) electrons. The number of anilines is 2. The standard InChI is InChI=1S/C20H31N5/c1-21-17-3-5-25(12-17)18-2-4-22-19(24-18)23-13-20-9-14-6-15(10-20)8-16(7-14)11-20/h2,4,14-17,21H,3,5-13H2,1H3,(H,22,23,24)/t14?,15?,16?,17-,20?/m1/s1. The average Bonchev–Trinajstić information content (AvgIpc) is 3.08. The van der Waals surface area contributed by atoms with E-state index in [9.17, 15) is 0 Å². The Labute approximate surface area is 151 Å². The summed E-state index contributed by atoms with van der Waals surface area (Å²) >= 11 is 0. The van der Waals surface area contributed by atoms with Gasteiger partial charge in [-0.25, -0.2) is 4.98 Å². The van der Waals surface area contributed by atoms with Gasteiger partial charge in [-0.3, -0.25) is 0 Å². The molecule has 1 aromatic heterocycles. The van der Waals surface area contributed by atoms with E-state index in [4.69, 9.17) is 4.98 Å². The van der Waals surface area contributed by atoms with Gasteiger partial charge in [0.05, 0.1) is 0 Å². The Morgan fingerprint density at radius 1 is 1.16 bits per heavy atom. The van der Waals surface area contributed by atoms with Crippen molar-refractivity contribution in [3.05, 3.63) is 12.3 Å². The number of nitrogens with zero attached hydrogens (tertiary/aromatic N) is 3. The van der Waals surface area contributed by atoms with Crippen molar-refractivity contribution in [2.45, 2.75) is 51.0 Å². The van der Waals surface area contributed by atoms with E-state index in [0.29, 0.717) is 11.5 Å². The Morgan fingerprint density at radius 2 is 1.88 bits per heavy atom. The van der Waals surface area contributed by atoms with E-state index in [2.05, 4.69) is 20.5 Å². The molecule has 1 aromatic rings. The van der Waals surface area contributed by atoms with E-state index in [1.807, 2.05) is 19.3 Å². The summed E-state index contributed by atoms with van der Waals surface area (Å²) in [7, 11) is 2.05. The summed E-state index contributed by atoms with van der Waals surface area (Å²) in [6, 6.07) is 2.63. The van der Waals surface area contributed by atoms with Gasteiger partial charge in [-0.2, -0.15) is 4.98 Å². The second-order valence-electron chi connectivity index (χ2n) is 9.23. The molecule has 5 nitrogen and oxygen atoms in total.